The third-order valence-electron chi connectivity index (χ3n) is 3.79. The van der Waals surface area contributed by atoms with Gasteiger partial charge in [0.2, 0.25) is 0 Å². The van der Waals surface area contributed by atoms with E-state index in [0.717, 1.165) is 0 Å². The van der Waals surface area contributed by atoms with E-state index in [9.17, 15) is 14.3 Å². The lowest BCUT2D eigenvalue weighted by molar-refractivity contribution is -0.00160. The first-order chi connectivity index (χ1) is 10.5. The summed E-state index contributed by atoms with van der Waals surface area (Å²) in [7, 11) is 0. The first-order valence-electron chi connectivity index (χ1n) is 7.63. The van der Waals surface area contributed by atoms with Gasteiger partial charge in [0, 0.05) is 12.2 Å². The lowest BCUT2D eigenvalue weighted by atomic mass is 10.1. The molecule has 6 heteroatoms. The van der Waals surface area contributed by atoms with Gasteiger partial charge in [0.05, 0.1) is 25.4 Å². The Morgan fingerprint density at radius 1 is 1.59 bits per heavy atom. The number of amides is 2. The second-order valence-electron chi connectivity index (χ2n) is 5.60. The molecule has 2 N–H and O–H groups in total. The number of aliphatic hydroxyl groups is 1. The predicted octanol–water partition coefficient (Wildman–Crippen LogP) is 2.39. The molecule has 0 bridgehead atoms. The molecule has 1 fully saturated rings. The van der Waals surface area contributed by atoms with Crippen molar-refractivity contribution in [2.24, 2.45) is 0 Å². The highest BCUT2D eigenvalue weighted by Gasteiger charge is 2.28. The zero-order valence-electron chi connectivity index (χ0n) is 13.0. The third kappa shape index (κ3) is 4.18. The van der Waals surface area contributed by atoms with Crippen molar-refractivity contribution in [3.63, 3.8) is 0 Å². The van der Waals surface area contributed by atoms with Crippen LogP contribution in [-0.4, -0.2) is 47.9 Å². The molecule has 1 aliphatic heterocycles. The van der Waals surface area contributed by atoms with Gasteiger partial charge in [-0.15, -0.1) is 0 Å². The number of anilines is 1. The van der Waals surface area contributed by atoms with E-state index in [1.165, 1.54) is 6.07 Å². The Hall–Kier alpha value is -1.66. The van der Waals surface area contributed by atoms with Crippen LogP contribution in [0.4, 0.5) is 14.9 Å². The molecule has 0 radical (unpaired) electrons. The van der Waals surface area contributed by atoms with E-state index in [1.807, 2.05) is 6.92 Å². The maximum absolute atomic E-state index is 13.8. The van der Waals surface area contributed by atoms with Crippen LogP contribution in [0.2, 0.25) is 0 Å². The van der Waals surface area contributed by atoms with Gasteiger partial charge >= 0.3 is 6.03 Å². The standard InChI is InChI=1S/C16H23FN2O3/c1-3-12-4-5-13(9-15(12)17)18-16(21)19-6-7-22-10-14(19)8-11(2)20/h4-5,9,11,14,20H,3,6-8,10H2,1-2H3,(H,18,21)/t11-,14+/m1/s1. The monoisotopic (exact) mass is 310 g/mol. The summed E-state index contributed by atoms with van der Waals surface area (Å²) >= 11 is 0. The molecule has 122 valence electrons. The highest BCUT2D eigenvalue weighted by Crippen LogP contribution is 2.18. The van der Waals surface area contributed by atoms with Gasteiger partial charge < -0.3 is 20.1 Å². The average molecular weight is 310 g/mol. The number of aliphatic hydroxyl groups excluding tert-OH is 1. The number of aryl methyl sites for hydroxylation is 1. The van der Waals surface area contributed by atoms with Crippen LogP contribution in [0, 0.1) is 5.82 Å². The Bertz CT molecular complexity index is 522. The van der Waals surface area contributed by atoms with Gasteiger partial charge in [-0.2, -0.15) is 0 Å². The first kappa shape index (κ1) is 16.7. The summed E-state index contributed by atoms with van der Waals surface area (Å²) < 4.78 is 19.1. The first-order valence-corrected chi connectivity index (χ1v) is 7.63. The summed E-state index contributed by atoms with van der Waals surface area (Å²) in [5.74, 6) is -0.317. The Morgan fingerprint density at radius 3 is 3.00 bits per heavy atom. The molecule has 0 aliphatic carbocycles. The molecule has 0 unspecified atom stereocenters. The summed E-state index contributed by atoms with van der Waals surface area (Å²) in [6.07, 6.45) is 0.555. The van der Waals surface area contributed by atoms with E-state index in [-0.39, 0.29) is 17.9 Å². The number of ether oxygens (including phenoxy) is 1. The van der Waals surface area contributed by atoms with Gasteiger partial charge in [0.15, 0.2) is 0 Å². The zero-order valence-corrected chi connectivity index (χ0v) is 13.0. The molecule has 1 saturated heterocycles. The minimum Gasteiger partial charge on any atom is -0.393 e. The van der Waals surface area contributed by atoms with E-state index in [2.05, 4.69) is 5.32 Å². The fourth-order valence-electron chi connectivity index (χ4n) is 2.62. The number of nitrogens with one attached hydrogen (secondary N) is 1. The van der Waals surface area contributed by atoms with E-state index < -0.39 is 6.10 Å². The second kappa shape index (κ2) is 7.56. The maximum atomic E-state index is 13.8. The van der Waals surface area contributed by atoms with Crippen molar-refractivity contribution < 1.29 is 19.0 Å². The Morgan fingerprint density at radius 2 is 2.36 bits per heavy atom. The smallest absolute Gasteiger partial charge is 0.322 e. The number of carbonyl (C=O) groups excluding carboxylic acids is 1. The summed E-state index contributed by atoms with van der Waals surface area (Å²) in [5, 5.41) is 12.2. The molecular formula is C16H23FN2O3. The van der Waals surface area contributed by atoms with Gasteiger partial charge in [-0.3, -0.25) is 0 Å². The number of carbonyl (C=O) groups is 1. The summed E-state index contributed by atoms with van der Waals surface area (Å²) in [6, 6.07) is 4.24. The molecule has 22 heavy (non-hydrogen) atoms. The van der Waals surface area contributed by atoms with Gasteiger partial charge in [-0.1, -0.05) is 13.0 Å². The van der Waals surface area contributed by atoms with Crippen molar-refractivity contribution in [3.05, 3.63) is 29.6 Å². The van der Waals surface area contributed by atoms with Crippen LogP contribution in [0.25, 0.3) is 0 Å². The van der Waals surface area contributed by atoms with Crippen molar-refractivity contribution in [1.29, 1.82) is 0 Å². The predicted molar refractivity (Wildman–Crippen MR) is 82.4 cm³/mol. The fraction of sp³-hybridized carbons (Fsp3) is 0.562. The fourth-order valence-corrected chi connectivity index (χ4v) is 2.62. The molecular weight excluding hydrogens is 287 g/mol. The summed E-state index contributed by atoms with van der Waals surface area (Å²) in [5.41, 5.74) is 1.05. The van der Waals surface area contributed by atoms with Crippen molar-refractivity contribution in [1.82, 2.24) is 4.90 Å². The van der Waals surface area contributed by atoms with Gasteiger partial charge in [-0.05, 0) is 37.5 Å². The molecule has 1 aromatic carbocycles. The number of rotatable bonds is 4. The molecule has 2 atom stereocenters. The molecule has 0 aromatic heterocycles. The number of hydrogen-bond donors (Lipinski definition) is 2. The van der Waals surface area contributed by atoms with Gasteiger partial charge in [0.25, 0.3) is 0 Å². The van der Waals surface area contributed by atoms with Crippen LogP contribution in [0.5, 0.6) is 0 Å². The highest BCUT2D eigenvalue weighted by atomic mass is 19.1. The molecule has 5 nitrogen and oxygen atoms in total. The van der Waals surface area contributed by atoms with Crippen molar-refractivity contribution in [2.75, 3.05) is 25.1 Å². The largest absolute Gasteiger partial charge is 0.393 e. The SMILES string of the molecule is CCc1ccc(NC(=O)N2CCOC[C@@H]2C[C@@H](C)O)cc1F. The molecule has 1 aliphatic rings. The van der Waals surface area contributed by atoms with Crippen LogP contribution >= 0.6 is 0 Å². The molecule has 1 aromatic rings. The highest BCUT2D eigenvalue weighted by molar-refractivity contribution is 5.89. The number of halogens is 1. The lowest BCUT2D eigenvalue weighted by Crippen LogP contribution is -2.51. The van der Waals surface area contributed by atoms with Crippen LogP contribution in [0.3, 0.4) is 0 Å². The van der Waals surface area contributed by atoms with Crippen LogP contribution in [0.1, 0.15) is 25.8 Å². The van der Waals surface area contributed by atoms with Crippen LogP contribution in [-0.2, 0) is 11.2 Å². The third-order valence-corrected chi connectivity index (χ3v) is 3.79. The van der Waals surface area contributed by atoms with Crippen LogP contribution < -0.4 is 5.32 Å². The van der Waals surface area contributed by atoms with Crippen LogP contribution in [0.15, 0.2) is 18.2 Å². The van der Waals surface area contributed by atoms with E-state index in [1.54, 1.807) is 24.0 Å². The second-order valence-corrected chi connectivity index (χ2v) is 5.60. The molecule has 0 saturated carbocycles. The molecule has 1 heterocycles. The zero-order chi connectivity index (χ0) is 16.1. The molecule has 2 rings (SSSR count). The van der Waals surface area contributed by atoms with Crippen molar-refractivity contribution in [2.45, 2.75) is 38.8 Å². The molecule has 0 spiro atoms. The van der Waals surface area contributed by atoms with Gasteiger partial charge in [0.1, 0.15) is 5.82 Å². The number of benzene rings is 1. The van der Waals surface area contributed by atoms with Gasteiger partial charge in [-0.25, -0.2) is 9.18 Å². The van der Waals surface area contributed by atoms with Crippen molar-refractivity contribution in [3.8, 4) is 0 Å². The number of nitrogens with zero attached hydrogens (tertiary/aromatic N) is 1. The van der Waals surface area contributed by atoms with E-state index in [4.69, 9.17) is 4.74 Å². The number of urea groups is 1. The Labute approximate surface area is 130 Å². The van der Waals surface area contributed by atoms with E-state index >= 15 is 0 Å². The number of hydrogen-bond acceptors (Lipinski definition) is 3. The van der Waals surface area contributed by atoms with E-state index in [0.29, 0.717) is 43.9 Å². The topological polar surface area (TPSA) is 61.8 Å². The minimum atomic E-state index is -0.511. The lowest BCUT2D eigenvalue weighted by Gasteiger charge is -2.36. The minimum absolute atomic E-state index is 0.173. The Kier molecular flexibility index (Phi) is 5.74. The average Bonchev–Trinajstić information content (AvgIpc) is 2.47. The normalized spacial score (nSPS) is 19.8. The van der Waals surface area contributed by atoms with Crippen molar-refractivity contribution >= 4 is 11.7 Å². The number of morpholine rings is 1. The maximum Gasteiger partial charge on any atom is 0.322 e. The Balaban J connectivity index is 2.04. The molecule has 2 amide bonds. The summed E-state index contributed by atoms with van der Waals surface area (Å²) in [6.45, 7) is 4.89. The quantitative estimate of drug-likeness (QED) is 0.897. The summed E-state index contributed by atoms with van der Waals surface area (Å²) in [4.78, 5) is 14.0.